The van der Waals surface area contributed by atoms with E-state index in [-0.39, 0.29) is 31.6 Å². The van der Waals surface area contributed by atoms with Crippen molar-refractivity contribution in [3.05, 3.63) is 0 Å². The van der Waals surface area contributed by atoms with Crippen LogP contribution in [0.15, 0.2) is 0 Å². The molecule has 1 heterocycles. The third kappa shape index (κ3) is 5.54. The maximum atomic E-state index is 12.3. The summed E-state index contributed by atoms with van der Waals surface area (Å²) in [6, 6.07) is -0.230. The molecule has 1 aliphatic heterocycles. The highest BCUT2D eigenvalue weighted by atomic mass is 16.6. The second kappa shape index (κ2) is 6.98. The van der Waals surface area contributed by atoms with Gasteiger partial charge in [0.05, 0.1) is 6.04 Å². The van der Waals surface area contributed by atoms with Crippen LogP contribution in [0.1, 0.15) is 41.0 Å². The average Bonchev–Trinajstić information content (AvgIpc) is 2.29. The van der Waals surface area contributed by atoms with E-state index in [0.29, 0.717) is 12.3 Å². The number of carbonyl (C=O) groups excluding carboxylic acids is 2. The molecule has 7 heteroatoms. The summed E-state index contributed by atoms with van der Waals surface area (Å²) in [5, 5.41) is 8.88. The summed E-state index contributed by atoms with van der Waals surface area (Å²) in [5.74, 6) is -1.11. The summed E-state index contributed by atoms with van der Waals surface area (Å²) in [6.07, 6.45) is 0.157. The normalized spacial score (nSPS) is 19.5. The second-order valence-corrected chi connectivity index (χ2v) is 7.06. The number of hydrogen-bond donors (Lipinski definition) is 1. The van der Waals surface area contributed by atoms with Crippen LogP contribution in [-0.2, 0) is 14.3 Å². The van der Waals surface area contributed by atoms with E-state index >= 15 is 0 Å². The van der Waals surface area contributed by atoms with Gasteiger partial charge in [-0.2, -0.15) is 0 Å². The Balaban J connectivity index is 2.88. The number of carboxylic acids is 1. The fraction of sp³-hybridized carbons (Fsp3) is 0.800. The van der Waals surface area contributed by atoms with Gasteiger partial charge in [-0.05, 0) is 33.1 Å². The van der Waals surface area contributed by atoms with E-state index in [4.69, 9.17) is 9.84 Å². The van der Waals surface area contributed by atoms with Crippen molar-refractivity contribution in [1.29, 1.82) is 0 Å². The van der Waals surface area contributed by atoms with E-state index < -0.39 is 17.7 Å². The number of carboxylic acid groups (broad SMARTS) is 1. The summed E-state index contributed by atoms with van der Waals surface area (Å²) in [6.45, 7) is 9.09. The van der Waals surface area contributed by atoms with E-state index in [2.05, 4.69) is 0 Å². The van der Waals surface area contributed by atoms with Gasteiger partial charge in [0.25, 0.3) is 0 Å². The lowest BCUT2D eigenvalue weighted by Gasteiger charge is -2.41. The van der Waals surface area contributed by atoms with Crippen LogP contribution in [0.2, 0.25) is 0 Å². The fourth-order valence-electron chi connectivity index (χ4n) is 2.43. The van der Waals surface area contributed by atoms with Crippen molar-refractivity contribution in [1.82, 2.24) is 9.80 Å². The topological polar surface area (TPSA) is 87.2 Å². The van der Waals surface area contributed by atoms with E-state index in [1.165, 1.54) is 9.80 Å². The first-order valence-electron chi connectivity index (χ1n) is 7.48. The Labute approximate surface area is 131 Å². The largest absolute Gasteiger partial charge is 0.480 e. The zero-order valence-electron chi connectivity index (χ0n) is 14.0. The second-order valence-electron chi connectivity index (χ2n) is 7.06. The van der Waals surface area contributed by atoms with Gasteiger partial charge in [-0.15, -0.1) is 0 Å². The third-order valence-electron chi connectivity index (χ3n) is 3.23. The van der Waals surface area contributed by atoms with Crippen molar-refractivity contribution in [2.75, 3.05) is 19.6 Å². The van der Waals surface area contributed by atoms with Crippen LogP contribution in [0.4, 0.5) is 4.79 Å². The zero-order chi connectivity index (χ0) is 17.1. The Kier molecular flexibility index (Phi) is 5.79. The highest BCUT2D eigenvalue weighted by Gasteiger charge is 2.37. The van der Waals surface area contributed by atoms with Gasteiger partial charge in [-0.25, -0.2) is 4.79 Å². The predicted octanol–water partition coefficient (Wildman–Crippen LogP) is 1.57. The lowest BCUT2D eigenvalue weighted by molar-refractivity contribution is -0.148. The molecular weight excluding hydrogens is 288 g/mol. The molecule has 2 amide bonds. The first kappa shape index (κ1) is 18.3. The van der Waals surface area contributed by atoms with Gasteiger partial charge < -0.3 is 14.7 Å². The van der Waals surface area contributed by atoms with Crippen molar-refractivity contribution >= 4 is 18.0 Å². The average molecular weight is 314 g/mol. The number of carbonyl (C=O) groups is 3. The Hall–Kier alpha value is -1.79. The van der Waals surface area contributed by atoms with E-state index in [1.807, 2.05) is 13.8 Å². The van der Waals surface area contributed by atoms with Gasteiger partial charge in [0.15, 0.2) is 0 Å². The molecule has 1 rings (SSSR count). The SMILES string of the molecule is CC(C)CC1CN(CC(=O)O)C(=O)CN1C(=O)OC(C)(C)C. The van der Waals surface area contributed by atoms with Crippen molar-refractivity contribution in [3.8, 4) is 0 Å². The van der Waals surface area contributed by atoms with Gasteiger partial charge in [0, 0.05) is 6.54 Å². The smallest absolute Gasteiger partial charge is 0.411 e. The highest BCUT2D eigenvalue weighted by Crippen LogP contribution is 2.21. The number of rotatable bonds is 4. The van der Waals surface area contributed by atoms with Crippen LogP contribution in [0.25, 0.3) is 0 Å². The molecule has 0 aromatic heterocycles. The Morgan fingerprint density at radius 3 is 2.41 bits per heavy atom. The molecule has 1 fully saturated rings. The predicted molar refractivity (Wildman–Crippen MR) is 80.4 cm³/mol. The number of nitrogens with zero attached hydrogens (tertiary/aromatic N) is 2. The molecule has 0 aromatic rings. The highest BCUT2D eigenvalue weighted by molar-refractivity contribution is 5.86. The standard InChI is InChI=1S/C15H26N2O5/c1-10(2)6-11-7-16(9-13(19)20)12(18)8-17(11)14(21)22-15(3,4)5/h10-11H,6-9H2,1-5H3,(H,19,20). The number of hydrogen-bond acceptors (Lipinski definition) is 4. The number of ether oxygens (including phenoxy) is 1. The molecule has 1 saturated heterocycles. The van der Waals surface area contributed by atoms with Crippen LogP contribution in [0, 0.1) is 5.92 Å². The molecule has 0 spiro atoms. The molecule has 126 valence electrons. The van der Waals surface area contributed by atoms with Gasteiger partial charge >= 0.3 is 12.1 Å². The minimum Gasteiger partial charge on any atom is -0.480 e. The molecule has 0 saturated carbocycles. The number of amides is 2. The summed E-state index contributed by atoms with van der Waals surface area (Å²) in [4.78, 5) is 37.9. The summed E-state index contributed by atoms with van der Waals surface area (Å²) >= 11 is 0. The maximum Gasteiger partial charge on any atom is 0.411 e. The number of aliphatic carboxylic acids is 1. The molecule has 1 atom stereocenters. The Bertz CT molecular complexity index is 442. The maximum absolute atomic E-state index is 12.3. The molecule has 1 unspecified atom stereocenters. The Morgan fingerprint density at radius 2 is 1.95 bits per heavy atom. The third-order valence-corrected chi connectivity index (χ3v) is 3.23. The van der Waals surface area contributed by atoms with Crippen molar-refractivity contribution in [2.24, 2.45) is 5.92 Å². The zero-order valence-corrected chi connectivity index (χ0v) is 14.0. The monoisotopic (exact) mass is 314 g/mol. The molecule has 1 N–H and O–H groups in total. The summed E-state index contributed by atoms with van der Waals surface area (Å²) in [5.41, 5.74) is -0.638. The lowest BCUT2D eigenvalue weighted by Crippen LogP contribution is -2.59. The van der Waals surface area contributed by atoms with E-state index in [1.54, 1.807) is 20.8 Å². The quantitative estimate of drug-likeness (QED) is 0.851. The summed E-state index contributed by atoms with van der Waals surface area (Å²) in [7, 11) is 0. The molecular formula is C15H26N2O5. The van der Waals surface area contributed by atoms with Crippen LogP contribution >= 0.6 is 0 Å². The van der Waals surface area contributed by atoms with Crippen LogP contribution in [-0.4, -0.2) is 64.2 Å². The van der Waals surface area contributed by atoms with Crippen LogP contribution < -0.4 is 0 Å². The minimum absolute atomic E-state index is 0.139. The molecule has 0 bridgehead atoms. The van der Waals surface area contributed by atoms with Gasteiger partial charge in [-0.3, -0.25) is 14.5 Å². The fourth-order valence-corrected chi connectivity index (χ4v) is 2.43. The molecule has 0 aromatic carbocycles. The first-order chi connectivity index (χ1) is 9.99. The number of piperazine rings is 1. The Morgan fingerprint density at radius 1 is 1.36 bits per heavy atom. The minimum atomic E-state index is -1.05. The van der Waals surface area contributed by atoms with Crippen molar-refractivity contribution in [2.45, 2.75) is 52.7 Å². The van der Waals surface area contributed by atoms with Crippen molar-refractivity contribution < 1.29 is 24.2 Å². The van der Waals surface area contributed by atoms with Gasteiger partial charge in [0.1, 0.15) is 18.7 Å². The van der Waals surface area contributed by atoms with Gasteiger partial charge in [0.2, 0.25) is 5.91 Å². The molecule has 22 heavy (non-hydrogen) atoms. The van der Waals surface area contributed by atoms with E-state index in [0.717, 1.165) is 0 Å². The van der Waals surface area contributed by atoms with Crippen LogP contribution in [0.5, 0.6) is 0 Å². The molecule has 0 aliphatic carbocycles. The van der Waals surface area contributed by atoms with Gasteiger partial charge in [-0.1, -0.05) is 13.8 Å². The van der Waals surface area contributed by atoms with Crippen molar-refractivity contribution in [3.63, 3.8) is 0 Å². The molecule has 0 radical (unpaired) electrons. The molecule has 1 aliphatic rings. The first-order valence-corrected chi connectivity index (χ1v) is 7.48. The van der Waals surface area contributed by atoms with Crippen LogP contribution in [0.3, 0.4) is 0 Å². The lowest BCUT2D eigenvalue weighted by atomic mass is 10.00. The summed E-state index contributed by atoms with van der Waals surface area (Å²) < 4.78 is 5.35. The molecule has 7 nitrogen and oxygen atoms in total. The van der Waals surface area contributed by atoms with E-state index in [9.17, 15) is 14.4 Å².